The molecule has 30 heavy (non-hydrogen) atoms. The highest BCUT2D eigenvalue weighted by molar-refractivity contribution is 5.99. The van der Waals surface area contributed by atoms with E-state index in [-0.39, 0.29) is 17.7 Å². The number of rotatable bonds is 2. The predicted octanol–water partition coefficient (Wildman–Crippen LogP) is 1.88. The molecule has 9 nitrogen and oxygen atoms in total. The van der Waals surface area contributed by atoms with Gasteiger partial charge < -0.3 is 20.7 Å². The molecule has 0 bridgehead atoms. The molecular formula is C21H24N7O2+. The lowest BCUT2D eigenvalue weighted by molar-refractivity contribution is -0.658. The van der Waals surface area contributed by atoms with Gasteiger partial charge in [0.05, 0.1) is 18.8 Å². The van der Waals surface area contributed by atoms with Crippen LogP contribution in [0.2, 0.25) is 0 Å². The number of hydrogen-bond acceptors (Lipinski definition) is 5. The maximum Gasteiger partial charge on any atom is 0.242 e. The number of piperidine rings is 1. The Hall–Kier alpha value is -3.62. The Morgan fingerprint density at radius 1 is 1.30 bits per heavy atom. The maximum absolute atomic E-state index is 11.7. The second kappa shape index (κ2) is 6.72. The molecule has 4 N–H and O–H groups in total. The van der Waals surface area contributed by atoms with Crippen LogP contribution in [0.3, 0.4) is 0 Å². The van der Waals surface area contributed by atoms with E-state index < -0.39 is 0 Å². The van der Waals surface area contributed by atoms with Gasteiger partial charge in [-0.1, -0.05) is 4.98 Å². The van der Waals surface area contributed by atoms with E-state index in [4.69, 9.17) is 10.8 Å². The standard InChI is InChI=1S/C21H23N7O2/c1-12(29)27-7-5-14(6-8-27)28-21-18(20(22)26(2)11-23-21)19(25-28)17-10-13-9-15(30)3-4-16(13)24-17/h3-4,9-11,14,22H,5-8H2,1-2H3,(H2,24,25,30)/p+1. The average Bonchev–Trinajstić information content (AvgIpc) is 3.32. The van der Waals surface area contributed by atoms with Gasteiger partial charge in [-0.15, -0.1) is 0 Å². The predicted molar refractivity (Wildman–Crippen MR) is 113 cm³/mol. The summed E-state index contributed by atoms with van der Waals surface area (Å²) < 4.78 is 3.74. The molecule has 154 valence electrons. The smallest absolute Gasteiger partial charge is 0.242 e. The minimum atomic E-state index is 0.107. The number of amides is 1. The van der Waals surface area contributed by atoms with Crippen molar-refractivity contribution >= 4 is 33.7 Å². The van der Waals surface area contributed by atoms with Gasteiger partial charge in [0, 0.05) is 30.9 Å². The largest absolute Gasteiger partial charge is 0.508 e. The first-order valence-electron chi connectivity index (χ1n) is 10.0. The maximum atomic E-state index is 11.7. The number of aromatic hydroxyl groups is 1. The van der Waals surface area contributed by atoms with E-state index in [0.29, 0.717) is 18.9 Å². The Balaban J connectivity index is 1.65. The minimum absolute atomic E-state index is 0.107. The SMILES string of the molecule is CC(=O)N1CCC(n2nc(-c3cc4cc(O)ccc4[nH]3)c3c(N)[n+](C)cnc32)CC1. The van der Waals surface area contributed by atoms with Crippen LogP contribution in [-0.4, -0.2) is 48.8 Å². The van der Waals surface area contributed by atoms with Crippen LogP contribution in [0.1, 0.15) is 25.8 Å². The second-order valence-electron chi connectivity index (χ2n) is 7.92. The molecule has 0 aliphatic carbocycles. The molecule has 0 saturated carbocycles. The van der Waals surface area contributed by atoms with Crippen molar-refractivity contribution in [2.75, 3.05) is 18.8 Å². The second-order valence-corrected chi connectivity index (χ2v) is 7.92. The molecule has 5 rings (SSSR count). The van der Waals surface area contributed by atoms with Gasteiger partial charge in [-0.05, 0) is 37.1 Å². The number of carbonyl (C=O) groups is 1. The third kappa shape index (κ3) is 2.85. The summed E-state index contributed by atoms with van der Waals surface area (Å²) >= 11 is 0. The number of aromatic amines is 1. The molecule has 1 fully saturated rings. The third-order valence-electron chi connectivity index (χ3n) is 5.99. The Bertz CT molecular complexity index is 1280. The van der Waals surface area contributed by atoms with Crippen LogP contribution in [0, 0.1) is 0 Å². The minimum Gasteiger partial charge on any atom is -0.508 e. The lowest BCUT2D eigenvalue weighted by atomic mass is 10.1. The van der Waals surface area contributed by atoms with Crippen molar-refractivity contribution < 1.29 is 14.5 Å². The molecule has 3 aromatic heterocycles. The molecular weight excluding hydrogens is 382 g/mol. The number of anilines is 1. The number of likely N-dealkylation sites (tertiary alicyclic amines) is 1. The summed E-state index contributed by atoms with van der Waals surface area (Å²) in [5, 5.41) is 16.4. The third-order valence-corrected chi connectivity index (χ3v) is 5.99. The van der Waals surface area contributed by atoms with Crippen LogP contribution < -0.4 is 10.3 Å². The number of carbonyl (C=O) groups excluding carboxylic acids is 1. The molecule has 1 amide bonds. The van der Waals surface area contributed by atoms with Gasteiger partial charge in [-0.25, -0.2) is 9.25 Å². The highest BCUT2D eigenvalue weighted by Crippen LogP contribution is 2.35. The van der Waals surface area contributed by atoms with Gasteiger partial charge in [0.15, 0.2) is 0 Å². The lowest BCUT2D eigenvalue weighted by Gasteiger charge is -2.31. The zero-order chi connectivity index (χ0) is 21.0. The topological polar surface area (TPSA) is 117 Å². The van der Waals surface area contributed by atoms with Crippen LogP contribution in [0.25, 0.3) is 33.3 Å². The fraction of sp³-hybridized carbons (Fsp3) is 0.333. The molecule has 0 radical (unpaired) electrons. The van der Waals surface area contributed by atoms with E-state index in [2.05, 4.69) is 9.97 Å². The van der Waals surface area contributed by atoms with E-state index in [9.17, 15) is 9.90 Å². The number of nitrogens with zero attached hydrogens (tertiary/aromatic N) is 5. The Kier molecular flexibility index (Phi) is 4.12. The first-order chi connectivity index (χ1) is 14.4. The first kappa shape index (κ1) is 18.4. The molecule has 1 aromatic carbocycles. The van der Waals surface area contributed by atoms with Crippen LogP contribution >= 0.6 is 0 Å². The lowest BCUT2D eigenvalue weighted by Crippen LogP contribution is -2.38. The van der Waals surface area contributed by atoms with Gasteiger partial charge in [0.25, 0.3) is 0 Å². The molecule has 0 unspecified atom stereocenters. The number of fused-ring (bicyclic) bond motifs is 2. The van der Waals surface area contributed by atoms with Crippen LogP contribution in [0.4, 0.5) is 5.82 Å². The number of aromatic nitrogens is 5. The Morgan fingerprint density at radius 2 is 2.07 bits per heavy atom. The molecule has 1 aliphatic heterocycles. The van der Waals surface area contributed by atoms with E-state index in [1.54, 1.807) is 30.0 Å². The summed E-state index contributed by atoms with van der Waals surface area (Å²) in [6, 6.07) is 7.31. The van der Waals surface area contributed by atoms with E-state index in [0.717, 1.165) is 46.2 Å². The number of nitrogens with two attached hydrogens (primary N) is 1. The zero-order valence-corrected chi connectivity index (χ0v) is 17.0. The number of phenols is 1. The molecule has 0 atom stereocenters. The molecule has 4 aromatic rings. The molecule has 1 saturated heterocycles. The first-order valence-corrected chi connectivity index (χ1v) is 10.0. The summed E-state index contributed by atoms with van der Waals surface area (Å²) in [5.41, 5.74) is 9.64. The van der Waals surface area contributed by atoms with Crippen LogP contribution in [-0.2, 0) is 11.8 Å². The van der Waals surface area contributed by atoms with Crippen molar-refractivity contribution in [1.82, 2.24) is 24.6 Å². The zero-order valence-electron chi connectivity index (χ0n) is 17.0. The fourth-order valence-corrected chi connectivity index (χ4v) is 4.28. The van der Waals surface area contributed by atoms with Crippen molar-refractivity contribution in [3.8, 4) is 17.1 Å². The van der Waals surface area contributed by atoms with Crippen molar-refractivity contribution in [2.45, 2.75) is 25.8 Å². The quantitative estimate of drug-likeness (QED) is 0.440. The van der Waals surface area contributed by atoms with Crippen LogP contribution in [0.5, 0.6) is 5.75 Å². The summed E-state index contributed by atoms with van der Waals surface area (Å²) in [5.74, 6) is 0.910. The van der Waals surface area contributed by atoms with Crippen molar-refractivity contribution in [3.63, 3.8) is 0 Å². The van der Waals surface area contributed by atoms with E-state index in [1.165, 1.54) is 0 Å². The number of nitrogen functional groups attached to an aromatic ring is 1. The number of benzene rings is 1. The monoisotopic (exact) mass is 406 g/mol. The number of phenolic OH excluding ortho intramolecular Hbond substituents is 1. The fourth-order valence-electron chi connectivity index (χ4n) is 4.28. The van der Waals surface area contributed by atoms with Gasteiger partial charge in [0.1, 0.15) is 16.8 Å². The highest BCUT2D eigenvalue weighted by Gasteiger charge is 2.29. The van der Waals surface area contributed by atoms with Gasteiger partial charge >= 0.3 is 0 Å². The molecule has 1 aliphatic rings. The number of H-pyrrole nitrogens is 1. The summed E-state index contributed by atoms with van der Waals surface area (Å²) in [7, 11) is 1.86. The molecule has 9 heteroatoms. The highest BCUT2D eigenvalue weighted by atomic mass is 16.3. The van der Waals surface area contributed by atoms with Crippen LogP contribution in [0.15, 0.2) is 30.6 Å². The number of aryl methyl sites for hydroxylation is 1. The summed E-state index contributed by atoms with van der Waals surface area (Å²) in [6.45, 7) is 3.02. The van der Waals surface area contributed by atoms with E-state index in [1.807, 2.05) is 28.8 Å². The van der Waals surface area contributed by atoms with E-state index >= 15 is 0 Å². The molecule has 0 spiro atoms. The Labute approximate surface area is 172 Å². The normalized spacial score (nSPS) is 15.3. The van der Waals surface area contributed by atoms with Gasteiger partial charge in [-0.3, -0.25) is 4.79 Å². The van der Waals surface area contributed by atoms with Crippen molar-refractivity contribution in [3.05, 3.63) is 30.6 Å². The number of nitrogens with one attached hydrogen (secondary N) is 1. The molecule has 4 heterocycles. The van der Waals surface area contributed by atoms with Crippen molar-refractivity contribution in [2.24, 2.45) is 7.05 Å². The van der Waals surface area contributed by atoms with Gasteiger partial charge in [-0.2, -0.15) is 5.10 Å². The average molecular weight is 406 g/mol. The Morgan fingerprint density at radius 3 is 2.80 bits per heavy atom. The summed E-state index contributed by atoms with van der Waals surface area (Å²) in [6.07, 6.45) is 3.34. The summed E-state index contributed by atoms with van der Waals surface area (Å²) in [4.78, 5) is 21.6. The number of hydrogen-bond donors (Lipinski definition) is 3. The van der Waals surface area contributed by atoms with Crippen molar-refractivity contribution in [1.29, 1.82) is 0 Å². The van der Waals surface area contributed by atoms with Gasteiger partial charge in [0.2, 0.25) is 23.7 Å².